The van der Waals surface area contributed by atoms with Gasteiger partial charge in [-0.3, -0.25) is 9.88 Å². The minimum absolute atomic E-state index is 0.137. The molecule has 1 aliphatic heterocycles. The van der Waals surface area contributed by atoms with Crippen molar-refractivity contribution in [2.24, 2.45) is 0 Å². The molecule has 4 nitrogen and oxygen atoms in total. The quantitative estimate of drug-likeness (QED) is 0.940. The van der Waals surface area contributed by atoms with Gasteiger partial charge < -0.3 is 10.0 Å². The maximum atomic E-state index is 12.8. The largest absolute Gasteiger partial charge is 0.416 e. The lowest BCUT2D eigenvalue weighted by molar-refractivity contribution is -0.137. The van der Waals surface area contributed by atoms with Gasteiger partial charge in [0.2, 0.25) is 0 Å². The van der Waals surface area contributed by atoms with E-state index in [-0.39, 0.29) is 6.61 Å². The topological polar surface area (TPSA) is 39.6 Å². The molecule has 1 fully saturated rings. The maximum Gasteiger partial charge on any atom is 0.416 e. The lowest BCUT2D eigenvalue weighted by Gasteiger charge is -2.36. The number of anilines is 1. The van der Waals surface area contributed by atoms with Crippen molar-refractivity contribution in [3.05, 3.63) is 36.0 Å². The molecular formula is C16H18F3N3O. The van der Waals surface area contributed by atoms with Crippen LogP contribution in [0.2, 0.25) is 0 Å². The zero-order valence-electron chi connectivity index (χ0n) is 12.6. The predicted molar refractivity (Wildman–Crippen MR) is 82.5 cm³/mol. The number of pyridine rings is 1. The minimum atomic E-state index is -4.36. The van der Waals surface area contributed by atoms with E-state index in [1.807, 2.05) is 6.07 Å². The number of rotatable bonds is 3. The van der Waals surface area contributed by atoms with Crippen molar-refractivity contribution < 1.29 is 18.3 Å². The molecule has 1 saturated heterocycles. The van der Waals surface area contributed by atoms with Crippen molar-refractivity contribution in [1.82, 2.24) is 9.88 Å². The molecule has 1 aromatic heterocycles. The number of fused-ring (bicyclic) bond motifs is 1. The van der Waals surface area contributed by atoms with Gasteiger partial charge >= 0.3 is 6.18 Å². The molecule has 0 amide bonds. The lowest BCUT2D eigenvalue weighted by Crippen LogP contribution is -2.47. The number of benzene rings is 1. The van der Waals surface area contributed by atoms with Gasteiger partial charge in [-0.05, 0) is 18.2 Å². The van der Waals surface area contributed by atoms with Crippen LogP contribution in [0.1, 0.15) is 5.56 Å². The monoisotopic (exact) mass is 325 g/mol. The smallest absolute Gasteiger partial charge is 0.395 e. The highest BCUT2D eigenvalue weighted by Gasteiger charge is 2.31. The molecule has 2 heterocycles. The summed E-state index contributed by atoms with van der Waals surface area (Å²) in [5, 5.41) is 9.71. The summed E-state index contributed by atoms with van der Waals surface area (Å²) < 4.78 is 38.5. The number of nitrogens with zero attached hydrogens (tertiary/aromatic N) is 3. The zero-order valence-corrected chi connectivity index (χ0v) is 12.6. The Kier molecular flexibility index (Phi) is 4.41. The van der Waals surface area contributed by atoms with Gasteiger partial charge in [0.25, 0.3) is 0 Å². The van der Waals surface area contributed by atoms with Crippen LogP contribution >= 0.6 is 0 Å². The summed E-state index contributed by atoms with van der Waals surface area (Å²) >= 11 is 0. The Morgan fingerprint density at radius 2 is 1.83 bits per heavy atom. The standard InChI is InChI=1S/C16H18F3N3O/c17-16(18,19)12-1-2-13-14(11-12)20-4-3-15(13)22-7-5-21(6-8-22)9-10-23/h1-4,11,23H,5-10H2. The van der Waals surface area contributed by atoms with Crippen molar-refractivity contribution in [1.29, 1.82) is 0 Å². The van der Waals surface area contributed by atoms with E-state index in [1.165, 1.54) is 6.07 Å². The second kappa shape index (κ2) is 6.33. The van der Waals surface area contributed by atoms with E-state index in [0.717, 1.165) is 49.4 Å². The van der Waals surface area contributed by atoms with E-state index in [2.05, 4.69) is 14.8 Å². The van der Waals surface area contributed by atoms with Gasteiger partial charge in [-0.25, -0.2) is 0 Å². The number of hydrogen-bond donors (Lipinski definition) is 1. The van der Waals surface area contributed by atoms with Crippen LogP contribution in [0.4, 0.5) is 18.9 Å². The Morgan fingerprint density at radius 1 is 1.09 bits per heavy atom. The fourth-order valence-electron chi connectivity index (χ4n) is 2.94. The van der Waals surface area contributed by atoms with Crippen molar-refractivity contribution >= 4 is 16.6 Å². The number of alkyl halides is 3. The van der Waals surface area contributed by atoms with Crippen LogP contribution in [-0.2, 0) is 6.18 Å². The Balaban J connectivity index is 1.87. The Labute approximate surface area is 132 Å². The molecule has 0 bridgehead atoms. The molecule has 0 spiro atoms. The highest BCUT2D eigenvalue weighted by Crippen LogP contribution is 2.33. The van der Waals surface area contributed by atoms with Crippen LogP contribution in [-0.4, -0.2) is 54.3 Å². The number of aliphatic hydroxyl groups is 1. The molecule has 1 aromatic carbocycles. The van der Waals surface area contributed by atoms with E-state index >= 15 is 0 Å². The van der Waals surface area contributed by atoms with E-state index < -0.39 is 11.7 Å². The number of piperazine rings is 1. The number of aromatic nitrogens is 1. The van der Waals surface area contributed by atoms with Crippen molar-refractivity contribution in [2.75, 3.05) is 44.2 Å². The van der Waals surface area contributed by atoms with Gasteiger partial charge in [0.1, 0.15) is 0 Å². The van der Waals surface area contributed by atoms with Gasteiger partial charge in [0.15, 0.2) is 0 Å². The normalized spacial score (nSPS) is 17.0. The van der Waals surface area contributed by atoms with Crippen LogP contribution < -0.4 is 4.90 Å². The second-order valence-corrected chi connectivity index (χ2v) is 5.61. The third-order valence-electron chi connectivity index (χ3n) is 4.18. The summed E-state index contributed by atoms with van der Waals surface area (Å²) in [4.78, 5) is 8.41. The Morgan fingerprint density at radius 3 is 2.48 bits per heavy atom. The van der Waals surface area contributed by atoms with Crippen molar-refractivity contribution in [3.8, 4) is 0 Å². The fraction of sp³-hybridized carbons (Fsp3) is 0.438. The number of β-amino-alcohol motifs (C(OH)–C–C–N with tert-alkyl or cyclic N) is 1. The first-order chi connectivity index (χ1) is 11.0. The van der Waals surface area contributed by atoms with Crippen LogP contribution in [0.25, 0.3) is 10.9 Å². The highest BCUT2D eigenvalue weighted by molar-refractivity contribution is 5.92. The van der Waals surface area contributed by atoms with Gasteiger partial charge in [0.05, 0.1) is 17.7 Å². The van der Waals surface area contributed by atoms with Gasteiger partial charge in [-0.1, -0.05) is 6.07 Å². The third kappa shape index (κ3) is 3.40. The first kappa shape index (κ1) is 16.0. The molecule has 0 radical (unpaired) electrons. The predicted octanol–water partition coefficient (Wildman–Crippen LogP) is 2.37. The summed E-state index contributed by atoms with van der Waals surface area (Å²) in [5.41, 5.74) is 0.588. The van der Waals surface area contributed by atoms with Gasteiger partial charge in [-0.15, -0.1) is 0 Å². The molecule has 23 heavy (non-hydrogen) atoms. The van der Waals surface area contributed by atoms with E-state index in [9.17, 15) is 13.2 Å². The van der Waals surface area contributed by atoms with Crippen LogP contribution in [0.15, 0.2) is 30.5 Å². The molecule has 124 valence electrons. The average Bonchev–Trinajstić information content (AvgIpc) is 2.54. The van der Waals surface area contributed by atoms with Crippen LogP contribution in [0.5, 0.6) is 0 Å². The molecule has 7 heteroatoms. The number of aliphatic hydroxyl groups excluding tert-OH is 1. The summed E-state index contributed by atoms with van der Waals surface area (Å²) in [5.74, 6) is 0. The van der Waals surface area contributed by atoms with Crippen LogP contribution in [0.3, 0.4) is 0 Å². The SMILES string of the molecule is OCCN1CCN(c2ccnc3cc(C(F)(F)F)ccc23)CC1. The molecule has 0 unspecified atom stereocenters. The Bertz CT molecular complexity index is 682. The summed E-state index contributed by atoms with van der Waals surface area (Å²) in [6, 6.07) is 5.55. The fourth-order valence-corrected chi connectivity index (χ4v) is 2.94. The van der Waals surface area contributed by atoms with Gasteiger partial charge in [0, 0.05) is 50.0 Å². The summed E-state index contributed by atoms with van der Waals surface area (Å²) in [6.45, 7) is 3.99. The first-order valence-electron chi connectivity index (χ1n) is 7.53. The first-order valence-corrected chi connectivity index (χ1v) is 7.53. The third-order valence-corrected chi connectivity index (χ3v) is 4.18. The molecule has 3 rings (SSSR count). The van der Waals surface area contributed by atoms with Crippen molar-refractivity contribution in [3.63, 3.8) is 0 Å². The minimum Gasteiger partial charge on any atom is -0.395 e. The molecule has 0 aliphatic carbocycles. The molecular weight excluding hydrogens is 307 g/mol. The maximum absolute atomic E-state index is 12.8. The number of hydrogen-bond acceptors (Lipinski definition) is 4. The molecule has 1 N–H and O–H groups in total. The molecule has 0 atom stereocenters. The Hall–Kier alpha value is -1.86. The zero-order chi connectivity index (χ0) is 16.4. The van der Waals surface area contributed by atoms with Crippen LogP contribution in [0, 0.1) is 0 Å². The number of halogens is 3. The van der Waals surface area contributed by atoms with E-state index in [1.54, 1.807) is 6.20 Å². The summed E-state index contributed by atoms with van der Waals surface area (Å²) in [6.07, 6.45) is -2.81. The second-order valence-electron chi connectivity index (χ2n) is 5.61. The average molecular weight is 325 g/mol. The highest BCUT2D eigenvalue weighted by atomic mass is 19.4. The van der Waals surface area contributed by atoms with Crippen molar-refractivity contribution in [2.45, 2.75) is 6.18 Å². The van der Waals surface area contributed by atoms with E-state index in [4.69, 9.17) is 5.11 Å². The molecule has 1 aliphatic rings. The molecule has 0 saturated carbocycles. The lowest BCUT2D eigenvalue weighted by atomic mass is 10.1. The molecule has 2 aromatic rings. The van der Waals surface area contributed by atoms with E-state index in [0.29, 0.717) is 12.1 Å². The van der Waals surface area contributed by atoms with Gasteiger partial charge in [-0.2, -0.15) is 13.2 Å². The summed E-state index contributed by atoms with van der Waals surface area (Å²) in [7, 11) is 0.